The number of halogens is 1. The molecule has 0 fully saturated rings. The third kappa shape index (κ3) is 3.38. The van der Waals surface area contributed by atoms with Crippen LogP contribution >= 0.6 is 11.8 Å². The highest BCUT2D eigenvalue weighted by molar-refractivity contribution is 8.00. The molecule has 0 bridgehead atoms. The Kier molecular flexibility index (Phi) is 4.76. The number of carbonyl (C=O) groups excluding carboxylic acids is 1. The number of carbonyl (C=O) groups is 1. The molecule has 1 aromatic heterocycles. The van der Waals surface area contributed by atoms with Crippen molar-refractivity contribution >= 4 is 17.5 Å². The van der Waals surface area contributed by atoms with E-state index in [-0.39, 0.29) is 16.9 Å². The molecule has 3 rings (SSSR count). The Labute approximate surface area is 143 Å². The summed E-state index contributed by atoms with van der Waals surface area (Å²) in [7, 11) is 0. The number of aryl methyl sites for hydroxylation is 1. The van der Waals surface area contributed by atoms with Crippen molar-refractivity contribution in [3.8, 4) is 5.69 Å². The summed E-state index contributed by atoms with van der Waals surface area (Å²) in [4.78, 5) is 12.5. The van der Waals surface area contributed by atoms with Crippen molar-refractivity contribution in [2.24, 2.45) is 0 Å². The number of benzene rings is 2. The van der Waals surface area contributed by atoms with E-state index in [9.17, 15) is 9.18 Å². The van der Waals surface area contributed by atoms with Gasteiger partial charge in [0, 0.05) is 5.56 Å². The maximum absolute atomic E-state index is 14.0. The van der Waals surface area contributed by atoms with Gasteiger partial charge in [0.1, 0.15) is 12.1 Å². The van der Waals surface area contributed by atoms with E-state index in [1.807, 2.05) is 38.1 Å². The molecule has 122 valence electrons. The number of Topliss-reactive ketones (excluding diaryl/α,β-unsaturated/α-hetero) is 1. The van der Waals surface area contributed by atoms with E-state index in [1.54, 1.807) is 22.8 Å². The fourth-order valence-electron chi connectivity index (χ4n) is 2.28. The molecule has 1 atom stereocenters. The van der Waals surface area contributed by atoms with Gasteiger partial charge in [-0.2, -0.15) is 0 Å². The van der Waals surface area contributed by atoms with Gasteiger partial charge in [-0.1, -0.05) is 53.7 Å². The Morgan fingerprint density at radius 3 is 2.58 bits per heavy atom. The second-order valence-corrected chi connectivity index (χ2v) is 6.73. The molecular weight excluding hydrogens is 325 g/mol. The number of hydrogen-bond acceptors (Lipinski definition) is 4. The number of para-hydroxylation sites is 1. The largest absolute Gasteiger partial charge is 0.293 e. The zero-order valence-corrected chi connectivity index (χ0v) is 14.1. The quantitative estimate of drug-likeness (QED) is 0.518. The molecule has 0 saturated carbocycles. The lowest BCUT2D eigenvalue weighted by molar-refractivity contribution is 0.0994. The summed E-state index contributed by atoms with van der Waals surface area (Å²) < 4.78 is 15.5. The van der Waals surface area contributed by atoms with E-state index in [2.05, 4.69) is 10.2 Å². The van der Waals surface area contributed by atoms with Crippen molar-refractivity contribution in [2.45, 2.75) is 24.3 Å². The zero-order valence-electron chi connectivity index (χ0n) is 13.3. The smallest absolute Gasteiger partial charge is 0.196 e. The average molecular weight is 341 g/mol. The van der Waals surface area contributed by atoms with Crippen LogP contribution in [0.5, 0.6) is 0 Å². The van der Waals surface area contributed by atoms with Crippen LogP contribution in [0.3, 0.4) is 0 Å². The Balaban J connectivity index is 1.82. The minimum Gasteiger partial charge on any atom is -0.293 e. The van der Waals surface area contributed by atoms with Gasteiger partial charge >= 0.3 is 0 Å². The Hall–Kier alpha value is -2.47. The van der Waals surface area contributed by atoms with E-state index in [0.29, 0.717) is 16.4 Å². The van der Waals surface area contributed by atoms with Crippen molar-refractivity contribution in [3.63, 3.8) is 0 Å². The van der Waals surface area contributed by atoms with Crippen molar-refractivity contribution in [1.82, 2.24) is 14.8 Å². The molecule has 0 aliphatic rings. The first-order chi connectivity index (χ1) is 11.6. The Bertz CT molecular complexity index is 861. The third-order valence-corrected chi connectivity index (χ3v) is 4.67. The first-order valence-corrected chi connectivity index (χ1v) is 8.36. The maximum Gasteiger partial charge on any atom is 0.196 e. The van der Waals surface area contributed by atoms with Crippen molar-refractivity contribution in [1.29, 1.82) is 0 Å². The fourth-order valence-corrected chi connectivity index (χ4v) is 3.19. The number of ketones is 1. The Morgan fingerprint density at radius 2 is 1.88 bits per heavy atom. The van der Waals surface area contributed by atoms with Gasteiger partial charge in [0.25, 0.3) is 0 Å². The monoisotopic (exact) mass is 341 g/mol. The van der Waals surface area contributed by atoms with Gasteiger partial charge in [-0.15, -0.1) is 10.2 Å². The van der Waals surface area contributed by atoms with Crippen LogP contribution in [0.25, 0.3) is 5.69 Å². The van der Waals surface area contributed by atoms with Crippen LogP contribution in [0.4, 0.5) is 4.39 Å². The molecule has 24 heavy (non-hydrogen) atoms. The van der Waals surface area contributed by atoms with Crippen LogP contribution in [-0.2, 0) is 0 Å². The first-order valence-electron chi connectivity index (χ1n) is 7.48. The normalized spacial score (nSPS) is 12.1. The summed E-state index contributed by atoms with van der Waals surface area (Å²) >= 11 is 1.26. The van der Waals surface area contributed by atoms with Crippen LogP contribution in [0.1, 0.15) is 22.8 Å². The van der Waals surface area contributed by atoms with E-state index in [1.165, 1.54) is 24.2 Å². The molecule has 0 unspecified atom stereocenters. The van der Waals surface area contributed by atoms with Crippen LogP contribution in [0.15, 0.2) is 60.0 Å². The van der Waals surface area contributed by atoms with Crippen LogP contribution in [0.2, 0.25) is 0 Å². The first kappa shape index (κ1) is 16.4. The minimum absolute atomic E-state index is 0.00286. The number of thioether (sulfide) groups is 1. The number of hydrogen-bond donors (Lipinski definition) is 0. The predicted molar refractivity (Wildman–Crippen MR) is 92.1 cm³/mol. The van der Waals surface area contributed by atoms with E-state index in [4.69, 9.17) is 0 Å². The number of rotatable bonds is 5. The predicted octanol–water partition coefficient (Wildman–Crippen LogP) is 4.08. The summed E-state index contributed by atoms with van der Waals surface area (Å²) in [5.74, 6) is -0.361. The fraction of sp³-hybridized carbons (Fsp3) is 0.167. The summed E-state index contributed by atoms with van der Waals surface area (Å²) in [5, 5.41) is 7.99. The van der Waals surface area contributed by atoms with Gasteiger partial charge in [-0.05, 0) is 26.0 Å². The van der Waals surface area contributed by atoms with Gasteiger partial charge in [0.2, 0.25) is 0 Å². The molecule has 0 N–H and O–H groups in total. The molecule has 2 aromatic carbocycles. The van der Waals surface area contributed by atoms with Crippen LogP contribution < -0.4 is 0 Å². The van der Waals surface area contributed by atoms with Gasteiger partial charge in [-0.3, -0.25) is 9.36 Å². The lowest BCUT2D eigenvalue weighted by Gasteiger charge is -2.11. The van der Waals surface area contributed by atoms with E-state index < -0.39 is 0 Å². The van der Waals surface area contributed by atoms with Crippen molar-refractivity contribution < 1.29 is 9.18 Å². The zero-order chi connectivity index (χ0) is 17.1. The van der Waals surface area contributed by atoms with E-state index in [0.717, 1.165) is 5.56 Å². The molecule has 0 saturated heterocycles. The highest BCUT2D eigenvalue weighted by Crippen LogP contribution is 2.27. The molecule has 0 amide bonds. The molecular formula is C18H16FN3OS. The molecule has 1 heterocycles. The van der Waals surface area contributed by atoms with Gasteiger partial charge in [0.05, 0.1) is 10.9 Å². The summed E-state index contributed by atoms with van der Waals surface area (Å²) in [6.45, 7) is 3.79. The van der Waals surface area contributed by atoms with Crippen molar-refractivity contribution in [2.75, 3.05) is 0 Å². The molecule has 3 aromatic rings. The summed E-state index contributed by atoms with van der Waals surface area (Å²) in [6, 6.07) is 13.8. The van der Waals surface area contributed by atoms with Crippen molar-refractivity contribution in [3.05, 3.63) is 71.8 Å². The Morgan fingerprint density at radius 1 is 1.17 bits per heavy atom. The van der Waals surface area contributed by atoms with Gasteiger partial charge < -0.3 is 0 Å². The van der Waals surface area contributed by atoms with Crippen LogP contribution in [0, 0.1) is 12.7 Å². The molecule has 0 aliphatic carbocycles. The number of aromatic nitrogens is 3. The molecule has 0 radical (unpaired) electrons. The van der Waals surface area contributed by atoms with Crippen LogP contribution in [-0.4, -0.2) is 25.8 Å². The van der Waals surface area contributed by atoms with E-state index >= 15 is 0 Å². The topological polar surface area (TPSA) is 47.8 Å². The van der Waals surface area contributed by atoms with Gasteiger partial charge in [0.15, 0.2) is 10.9 Å². The summed E-state index contributed by atoms with van der Waals surface area (Å²) in [5.41, 5.74) is 2.11. The molecule has 0 spiro atoms. The lowest BCUT2D eigenvalue weighted by Crippen LogP contribution is -2.14. The second-order valence-electron chi connectivity index (χ2n) is 5.43. The average Bonchev–Trinajstić information content (AvgIpc) is 3.03. The maximum atomic E-state index is 14.0. The SMILES string of the molecule is Cc1ccc(C(=O)[C@H](C)Sc2nncn2-c2ccccc2F)cc1. The lowest BCUT2D eigenvalue weighted by atomic mass is 10.1. The minimum atomic E-state index is -0.364. The second kappa shape index (κ2) is 6.97. The molecule has 6 heteroatoms. The molecule has 0 aliphatic heterocycles. The number of nitrogens with zero attached hydrogens (tertiary/aromatic N) is 3. The van der Waals surface area contributed by atoms with Gasteiger partial charge in [-0.25, -0.2) is 4.39 Å². The highest BCUT2D eigenvalue weighted by Gasteiger charge is 2.20. The third-order valence-electron chi connectivity index (χ3n) is 3.62. The molecule has 4 nitrogen and oxygen atoms in total. The summed E-state index contributed by atoms with van der Waals surface area (Å²) in [6.07, 6.45) is 1.45. The highest BCUT2D eigenvalue weighted by atomic mass is 32.2. The standard InChI is InChI=1S/C18H16FN3OS/c1-12-7-9-14(10-8-12)17(23)13(2)24-18-21-20-11-22(18)16-6-4-3-5-15(16)19/h3-11,13H,1-2H3/t13-/m0/s1.